The molecule has 0 fully saturated rings. The second-order valence-electron chi connectivity index (χ2n) is 8.06. The number of nitrogens with one attached hydrogen (secondary N) is 1. The van der Waals surface area contributed by atoms with Gasteiger partial charge >= 0.3 is 0 Å². The van der Waals surface area contributed by atoms with Crippen LogP contribution in [-0.2, 0) is 4.79 Å². The van der Waals surface area contributed by atoms with E-state index in [1.54, 1.807) is 30.0 Å². The van der Waals surface area contributed by atoms with E-state index in [0.29, 0.717) is 22.2 Å². The fourth-order valence-corrected chi connectivity index (χ4v) is 3.80. The van der Waals surface area contributed by atoms with Gasteiger partial charge in [-0.2, -0.15) is 0 Å². The molecule has 0 spiro atoms. The van der Waals surface area contributed by atoms with Gasteiger partial charge in [-0.1, -0.05) is 35.9 Å². The molecular weight excluding hydrogens is 495 g/mol. The predicted molar refractivity (Wildman–Crippen MR) is 142 cm³/mol. The van der Waals surface area contributed by atoms with Crippen LogP contribution in [0.4, 0.5) is 10.3 Å². The van der Waals surface area contributed by atoms with Gasteiger partial charge in [-0.3, -0.25) is 19.5 Å². The second kappa shape index (κ2) is 11.5. The van der Waals surface area contributed by atoms with Gasteiger partial charge in [0.05, 0.1) is 18.5 Å². The summed E-state index contributed by atoms with van der Waals surface area (Å²) in [7, 11) is 1.57. The van der Waals surface area contributed by atoms with Crippen molar-refractivity contribution in [2.45, 2.75) is 0 Å². The lowest BCUT2D eigenvalue weighted by atomic mass is 10.2. The third-order valence-electron chi connectivity index (χ3n) is 5.49. The van der Waals surface area contributed by atoms with E-state index in [0.717, 1.165) is 5.56 Å². The molecule has 0 radical (unpaired) electrons. The Labute approximate surface area is 218 Å². The summed E-state index contributed by atoms with van der Waals surface area (Å²) in [5, 5.41) is 3.41. The highest BCUT2D eigenvalue weighted by Gasteiger charge is 2.20. The van der Waals surface area contributed by atoms with Crippen molar-refractivity contribution < 1.29 is 18.7 Å². The summed E-state index contributed by atoms with van der Waals surface area (Å²) in [5.41, 5.74) is 2.40. The van der Waals surface area contributed by atoms with Crippen molar-refractivity contribution in [3.8, 4) is 22.7 Å². The van der Waals surface area contributed by atoms with E-state index in [4.69, 9.17) is 16.3 Å². The molecule has 0 saturated heterocycles. The third-order valence-corrected chi connectivity index (χ3v) is 5.74. The van der Waals surface area contributed by atoms with Gasteiger partial charge < -0.3 is 9.64 Å². The molecule has 37 heavy (non-hydrogen) atoms. The Bertz CT molecular complexity index is 1420. The summed E-state index contributed by atoms with van der Waals surface area (Å²) in [6, 6.07) is 19.6. The number of nitrogens with zero attached hydrogens (tertiary/aromatic N) is 3. The zero-order valence-corrected chi connectivity index (χ0v) is 20.8. The number of ether oxygens (including phenoxy) is 1. The molecule has 1 N–H and O–H groups in total. The average molecular weight is 519 g/mol. The number of anilines is 1. The van der Waals surface area contributed by atoms with Crippen LogP contribution in [0.1, 0.15) is 10.4 Å². The van der Waals surface area contributed by atoms with Crippen LogP contribution >= 0.6 is 11.6 Å². The van der Waals surface area contributed by atoms with Crippen LogP contribution in [0, 0.1) is 5.82 Å². The third kappa shape index (κ3) is 6.23. The van der Waals surface area contributed by atoms with Crippen molar-refractivity contribution in [1.82, 2.24) is 14.5 Å². The Kier molecular flexibility index (Phi) is 8.00. The summed E-state index contributed by atoms with van der Waals surface area (Å²) >= 11 is 6.03. The van der Waals surface area contributed by atoms with Gasteiger partial charge in [0.2, 0.25) is 11.9 Å². The lowest BCUT2D eigenvalue weighted by molar-refractivity contribution is -0.116. The fraction of sp³-hybridized carbons (Fsp3) is 0.107. The summed E-state index contributed by atoms with van der Waals surface area (Å²) in [4.78, 5) is 32.0. The zero-order valence-electron chi connectivity index (χ0n) is 20.0. The van der Waals surface area contributed by atoms with E-state index in [9.17, 15) is 14.0 Å². The number of imidazole rings is 1. The summed E-state index contributed by atoms with van der Waals surface area (Å²) < 4.78 is 20.4. The highest BCUT2D eigenvalue weighted by molar-refractivity contribution is 6.30. The monoisotopic (exact) mass is 518 g/mol. The molecule has 188 valence electrons. The van der Waals surface area contributed by atoms with Crippen LogP contribution in [0.15, 0.2) is 91.6 Å². The first kappa shape index (κ1) is 25.7. The molecule has 4 aromatic rings. The molecule has 3 aromatic carbocycles. The molecule has 0 bridgehead atoms. The first-order chi connectivity index (χ1) is 17.9. The summed E-state index contributed by atoms with van der Waals surface area (Å²) in [6.07, 6.45) is 3.31. The Morgan fingerprint density at radius 3 is 2.54 bits per heavy atom. The fourth-order valence-electron chi connectivity index (χ4n) is 3.67. The van der Waals surface area contributed by atoms with Gasteiger partial charge in [-0.15, -0.1) is 6.58 Å². The molecule has 7 nitrogen and oxygen atoms in total. The number of halogens is 2. The summed E-state index contributed by atoms with van der Waals surface area (Å²) in [6.45, 7) is 3.54. The Balaban J connectivity index is 1.62. The van der Waals surface area contributed by atoms with Crippen LogP contribution in [0.3, 0.4) is 0 Å². The Morgan fingerprint density at radius 2 is 1.86 bits per heavy atom. The van der Waals surface area contributed by atoms with Gasteiger partial charge in [0.1, 0.15) is 18.1 Å². The van der Waals surface area contributed by atoms with Crippen molar-refractivity contribution >= 4 is 29.4 Å². The maximum Gasteiger partial charge on any atom is 0.254 e. The number of hydrogen-bond donors (Lipinski definition) is 1. The number of carbonyl (C=O) groups is 2. The molecule has 9 heteroatoms. The number of methoxy groups -OCH3 is 1. The normalized spacial score (nSPS) is 10.6. The lowest BCUT2D eigenvalue weighted by Gasteiger charge is -2.20. The molecule has 4 rings (SSSR count). The van der Waals surface area contributed by atoms with Gasteiger partial charge in [-0.05, 0) is 48.5 Å². The van der Waals surface area contributed by atoms with Gasteiger partial charge in [0, 0.05) is 35.0 Å². The van der Waals surface area contributed by atoms with Gasteiger partial charge in [0.15, 0.2) is 0 Å². The van der Waals surface area contributed by atoms with Crippen LogP contribution in [0.25, 0.3) is 16.9 Å². The van der Waals surface area contributed by atoms with Gasteiger partial charge in [-0.25, -0.2) is 9.37 Å². The molecule has 0 aliphatic heterocycles. The van der Waals surface area contributed by atoms with E-state index in [-0.39, 0.29) is 24.6 Å². The van der Waals surface area contributed by atoms with Crippen molar-refractivity contribution in [3.05, 3.63) is 108 Å². The number of hydrogen-bond acceptors (Lipinski definition) is 4. The largest absolute Gasteiger partial charge is 0.497 e. The molecule has 1 heterocycles. The minimum atomic E-state index is -0.463. The number of carbonyl (C=O) groups excluding carboxylic acids is 2. The quantitative estimate of drug-likeness (QED) is 0.292. The van der Waals surface area contributed by atoms with Crippen LogP contribution in [0.5, 0.6) is 5.75 Å². The van der Waals surface area contributed by atoms with Crippen molar-refractivity contribution in [1.29, 1.82) is 0 Å². The number of rotatable bonds is 9. The van der Waals surface area contributed by atoms with E-state index < -0.39 is 17.6 Å². The molecular formula is C28H24ClFN4O3. The van der Waals surface area contributed by atoms with Crippen molar-refractivity contribution in [2.75, 3.05) is 25.5 Å². The Hall–Kier alpha value is -4.43. The topological polar surface area (TPSA) is 76.5 Å². The molecule has 0 saturated carbocycles. The van der Waals surface area contributed by atoms with Crippen LogP contribution in [-0.4, -0.2) is 46.5 Å². The highest BCUT2D eigenvalue weighted by Crippen LogP contribution is 2.27. The van der Waals surface area contributed by atoms with E-state index in [1.165, 1.54) is 35.2 Å². The van der Waals surface area contributed by atoms with E-state index in [2.05, 4.69) is 16.9 Å². The summed E-state index contributed by atoms with van der Waals surface area (Å²) in [5.74, 6) is -0.442. The second-order valence-corrected chi connectivity index (χ2v) is 8.49. The SMILES string of the molecule is C=CCN(CC(=O)Nc1nc(-c2ccc(Cl)cc2)cn1-c1cccc(OC)c1)C(=O)c1ccc(F)cc1. The van der Waals surface area contributed by atoms with Crippen molar-refractivity contribution in [3.63, 3.8) is 0 Å². The lowest BCUT2D eigenvalue weighted by Crippen LogP contribution is -2.38. The van der Waals surface area contributed by atoms with E-state index in [1.807, 2.05) is 36.4 Å². The molecule has 0 aliphatic rings. The molecule has 0 atom stereocenters. The maximum absolute atomic E-state index is 13.3. The van der Waals surface area contributed by atoms with Crippen molar-refractivity contribution in [2.24, 2.45) is 0 Å². The standard InChI is InChI=1S/C28H24ClFN4O3/c1-3-15-33(27(36)20-9-13-22(30)14-10-20)18-26(35)32-28-31-25(19-7-11-21(29)12-8-19)17-34(28)23-5-4-6-24(16-23)37-2/h3-14,16-17H,1,15,18H2,2H3,(H,31,32,35). The number of aromatic nitrogens is 2. The Morgan fingerprint density at radius 1 is 1.14 bits per heavy atom. The number of benzene rings is 3. The van der Waals surface area contributed by atoms with Gasteiger partial charge in [0.25, 0.3) is 5.91 Å². The van der Waals surface area contributed by atoms with Crippen LogP contribution in [0.2, 0.25) is 5.02 Å². The maximum atomic E-state index is 13.3. The molecule has 0 aliphatic carbocycles. The minimum absolute atomic E-state index is 0.129. The first-order valence-electron chi connectivity index (χ1n) is 11.3. The predicted octanol–water partition coefficient (Wildman–Crippen LogP) is 5.61. The molecule has 0 unspecified atom stereocenters. The smallest absolute Gasteiger partial charge is 0.254 e. The highest BCUT2D eigenvalue weighted by atomic mass is 35.5. The minimum Gasteiger partial charge on any atom is -0.497 e. The number of amides is 2. The first-order valence-corrected chi connectivity index (χ1v) is 11.7. The molecule has 1 aromatic heterocycles. The van der Waals surface area contributed by atoms with E-state index >= 15 is 0 Å². The molecule has 2 amide bonds. The average Bonchev–Trinajstić information content (AvgIpc) is 3.32. The zero-order chi connectivity index (χ0) is 26.4. The van der Waals surface area contributed by atoms with Crippen LogP contribution < -0.4 is 10.1 Å².